The summed E-state index contributed by atoms with van der Waals surface area (Å²) in [7, 11) is 0. The van der Waals surface area contributed by atoms with Crippen molar-refractivity contribution >= 4 is 28.9 Å². The Morgan fingerprint density at radius 1 is 1.27 bits per heavy atom. The highest BCUT2D eigenvalue weighted by atomic mass is 35.5. The first-order valence-electron chi connectivity index (χ1n) is 8.07. The summed E-state index contributed by atoms with van der Waals surface area (Å²) in [6.45, 7) is 2.69. The van der Waals surface area contributed by atoms with Gasteiger partial charge < -0.3 is 14.8 Å². The fourth-order valence-corrected chi connectivity index (χ4v) is 2.95. The zero-order chi connectivity index (χ0) is 18.7. The number of ether oxygens (including phenoxy) is 2. The fraction of sp³-hybridized carbons (Fsp3) is 0.278. The first-order valence-corrected chi connectivity index (χ1v) is 8.45. The average molecular weight is 377 g/mol. The van der Waals surface area contributed by atoms with Crippen molar-refractivity contribution in [1.82, 2.24) is 0 Å². The van der Waals surface area contributed by atoms with E-state index in [1.54, 1.807) is 31.2 Å². The molecule has 2 aromatic rings. The van der Waals surface area contributed by atoms with Crippen molar-refractivity contribution in [2.24, 2.45) is 0 Å². The molecule has 0 radical (unpaired) electrons. The molecular formula is C18H17ClN2O5. The van der Waals surface area contributed by atoms with Gasteiger partial charge in [-0.15, -0.1) is 0 Å². The molecule has 0 bridgehead atoms. The maximum Gasteiger partial charge on any atom is 0.274 e. The highest BCUT2D eigenvalue weighted by Crippen LogP contribution is 2.38. The monoisotopic (exact) mass is 376 g/mol. The Morgan fingerprint density at radius 2 is 2.04 bits per heavy atom. The molecule has 26 heavy (non-hydrogen) atoms. The van der Waals surface area contributed by atoms with Gasteiger partial charge in [-0.05, 0) is 30.7 Å². The smallest absolute Gasteiger partial charge is 0.274 e. The van der Waals surface area contributed by atoms with Crippen LogP contribution in [0.4, 0.5) is 11.4 Å². The van der Waals surface area contributed by atoms with Gasteiger partial charge in [-0.25, -0.2) is 0 Å². The van der Waals surface area contributed by atoms with Gasteiger partial charge in [-0.3, -0.25) is 14.9 Å². The van der Waals surface area contributed by atoms with Gasteiger partial charge in [-0.1, -0.05) is 17.7 Å². The minimum atomic E-state index is -0.478. The second kappa shape index (κ2) is 7.61. The predicted molar refractivity (Wildman–Crippen MR) is 97.2 cm³/mol. The standard InChI is InChI=1S/C18H17ClN2O5/c1-11-3-4-13(10-15(11)21(23)24)20-17(22)9-12-7-14(19)18-16(8-12)25-5-2-6-26-18/h3-4,7-8,10H,2,5-6,9H2,1H3,(H,20,22). The Hall–Kier alpha value is -2.80. The van der Waals surface area contributed by atoms with Crippen LogP contribution in [0.5, 0.6) is 11.5 Å². The van der Waals surface area contributed by atoms with E-state index in [4.69, 9.17) is 21.1 Å². The number of anilines is 1. The van der Waals surface area contributed by atoms with Gasteiger partial charge in [0.25, 0.3) is 5.69 Å². The number of halogens is 1. The highest BCUT2D eigenvalue weighted by molar-refractivity contribution is 6.32. The molecule has 136 valence electrons. The van der Waals surface area contributed by atoms with Gasteiger partial charge >= 0.3 is 0 Å². The number of amides is 1. The van der Waals surface area contributed by atoms with Crippen LogP contribution >= 0.6 is 11.6 Å². The van der Waals surface area contributed by atoms with E-state index in [0.717, 1.165) is 6.42 Å². The average Bonchev–Trinajstić information content (AvgIpc) is 2.82. The Labute approximate surface area is 155 Å². The highest BCUT2D eigenvalue weighted by Gasteiger charge is 2.17. The van der Waals surface area contributed by atoms with Gasteiger partial charge in [0.2, 0.25) is 5.91 Å². The largest absolute Gasteiger partial charge is 0.489 e. The Kier molecular flexibility index (Phi) is 5.27. The topological polar surface area (TPSA) is 90.7 Å². The number of rotatable bonds is 4. The molecule has 0 aromatic heterocycles. The van der Waals surface area contributed by atoms with Crippen LogP contribution < -0.4 is 14.8 Å². The zero-order valence-corrected chi connectivity index (χ0v) is 14.8. The van der Waals surface area contributed by atoms with E-state index in [2.05, 4.69) is 5.32 Å². The number of fused-ring (bicyclic) bond motifs is 1. The van der Waals surface area contributed by atoms with Crippen molar-refractivity contribution in [1.29, 1.82) is 0 Å². The third kappa shape index (κ3) is 4.05. The van der Waals surface area contributed by atoms with E-state index in [0.29, 0.717) is 46.5 Å². The van der Waals surface area contributed by atoms with Crippen LogP contribution in [0.1, 0.15) is 17.5 Å². The van der Waals surface area contributed by atoms with Crippen molar-refractivity contribution < 1.29 is 19.2 Å². The minimum absolute atomic E-state index is 0.0403. The van der Waals surface area contributed by atoms with E-state index in [1.807, 2.05) is 0 Å². The molecule has 2 aromatic carbocycles. The number of nitrogens with zero attached hydrogens (tertiary/aromatic N) is 1. The van der Waals surface area contributed by atoms with Gasteiger partial charge in [-0.2, -0.15) is 0 Å². The summed E-state index contributed by atoms with van der Waals surface area (Å²) in [4.78, 5) is 22.8. The molecule has 1 N–H and O–H groups in total. The molecule has 0 saturated heterocycles. The van der Waals surface area contributed by atoms with Crippen molar-refractivity contribution in [3.05, 3.63) is 56.6 Å². The second-order valence-corrected chi connectivity index (χ2v) is 6.35. The number of carbonyl (C=O) groups excluding carboxylic acids is 1. The van der Waals surface area contributed by atoms with Crippen LogP contribution in [0.2, 0.25) is 5.02 Å². The first kappa shape index (κ1) is 18.0. The molecule has 0 atom stereocenters. The van der Waals surface area contributed by atoms with Crippen molar-refractivity contribution in [3.8, 4) is 11.5 Å². The summed E-state index contributed by atoms with van der Waals surface area (Å²) in [5.41, 5.74) is 1.52. The SMILES string of the molecule is Cc1ccc(NC(=O)Cc2cc(Cl)c3c(c2)OCCCO3)cc1[N+](=O)[O-]. The number of hydrogen-bond acceptors (Lipinski definition) is 5. The molecule has 1 aliphatic heterocycles. The van der Waals surface area contributed by atoms with Crippen LogP contribution in [0.15, 0.2) is 30.3 Å². The maximum atomic E-state index is 12.3. The quantitative estimate of drug-likeness (QED) is 0.645. The summed E-state index contributed by atoms with van der Waals surface area (Å²) < 4.78 is 11.2. The molecule has 3 rings (SSSR count). The van der Waals surface area contributed by atoms with Crippen LogP contribution in [-0.4, -0.2) is 24.0 Å². The van der Waals surface area contributed by atoms with E-state index < -0.39 is 4.92 Å². The Balaban J connectivity index is 1.74. The van der Waals surface area contributed by atoms with Gasteiger partial charge in [0.15, 0.2) is 11.5 Å². The summed E-state index contributed by atoms with van der Waals surface area (Å²) in [5, 5.41) is 14.1. The van der Waals surface area contributed by atoms with Gasteiger partial charge in [0, 0.05) is 23.7 Å². The minimum Gasteiger partial charge on any atom is -0.489 e. The number of hydrogen-bond donors (Lipinski definition) is 1. The van der Waals surface area contributed by atoms with Crippen LogP contribution in [0.3, 0.4) is 0 Å². The Bertz CT molecular complexity index is 869. The molecule has 0 fully saturated rings. The predicted octanol–water partition coefficient (Wildman–Crippen LogP) is 3.90. The van der Waals surface area contributed by atoms with E-state index in [-0.39, 0.29) is 18.0 Å². The third-order valence-electron chi connectivity index (χ3n) is 3.92. The van der Waals surface area contributed by atoms with E-state index >= 15 is 0 Å². The molecule has 0 unspecified atom stereocenters. The number of nitro groups is 1. The molecule has 0 saturated carbocycles. The number of nitrogens with one attached hydrogen (secondary N) is 1. The first-order chi connectivity index (χ1) is 12.4. The third-order valence-corrected chi connectivity index (χ3v) is 4.20. The maximum absolute atomic E-state index is 12.3. The van der Waals surface area contributed by atoms with Gasteiger partial charge in [0.1, 0.15) is 0 Å². The molecule has 1 aliphatic rings. The summed E-state index contributed by atoms with van der Waals surface area (Å²) in [6, 6.07) is 7.95. The molecule has 0 aliphatic carbocycles. The number of benzene rings is 2. The lowest BCUT2D eigenvalue weighted by Gasteiger charge is -2.12. The number of carbonyl (C=O) groups is 1. The summed E-state index contributed by atoms with van der Waals surface area (Å²) in [6.07, 6.45) is 0.811. The van der Waals surface area contributed by atoms with Crippen LogP contribution in [0.25, 0.3) is 0 Å². The van der Waals surface area contributed by atoms with Gasteiger partial charge in [0.05, 0.1) is 29.6 Å². The molecule has 1 heterocycles. The van der Waals surface area contributed by atoms with Crippen molar-refractivity contribution in [3.63, 3.8) is 0 Å². The van der Waals surface area contributed by atoms with E-state index in [9.17, 15) is 14.9 Å². The molecular weight excluding hydrogens is 360 g/mol. The van der Waals surface area contributed by atoms with E-state index in [1.165, 1.54) is 6.07 Å². The second-order valence-electron chi connectivity index (χ2n) is 5.94. The lowest BCUT2D eigenvalue weighted by atomic mass is 10.1. The summed E-state index contributed by atoms with van der Waals surface area (Å²) >= 11 is 6.22. The number of nitro benzene ring substituents is 1. The Morgan fingerprint density at radius 3 is 2.81 bits per heavy atom. The molecule has 8 heteroatoms. The van der Waals surface area contributed by atoms with Crippen LogP contribution in [0, 0.1) is 17.0 Å². The molecule has 7 nitrogen and oxygen atoms in total. The van der Waals surface area contributed by atoms with Crippen molar-refractivity contribution in [2.75, 3.05) is 18.5 Å². The lowest BCUT2D eigenvalue weighted by Crippen LogP contribution is -2.14. The zero-order valence-electron chi connectivity index (χ0n) is 14.1. The fourth-order valence-electron chi connectivity index (χ4n) is 2.66. The van der Waals surface area contributed by atoms with Crippen LogP contribution in [-0.2, 0) is 11.2 Å². The molecule has 1 amide bonds. The van der Waals surface area contributed by atoms with Crippen molar-refractivity contribution in [2.45, 2.75) is 19.8 Å². The molecule has 0 spiro atoms. The number of aryl methyl sites for hydroxylation is 1. The normalized spacial score (nSPS) is 13.0. The lowest BCUT2D eigenvalue weighted by molar-refractivity contribution is -0.385. The summed E-state index contributed by atoms with van der Waals surface area (Å²) in [5.74, 6) is 0.694.